The van der Waals surface area contributed by atoms with E-state index in [4.69, 9.17) is 9.88 Å². The first-order valence-corrected chi connectivity index (χ1v) is 8.46. The van der Waals surface area contributed by atoms with E-state index in [1.807, 2.05) is 25.7 Å². The highest BCUT2D eigenvalue weighted by Crippen LogP contribution is 2.22. The van der Waals surface area contributed by atoms with Crippen molar-refractivity contribution in [3.8, 4) is 0 Å². The Labute approximate surface area is 130 Å². The van der Waals surface area contributed by atoms with Gasteiger partial charge in [0.2, 0.25) is 10.0 Å². The Morgan fingerprint density at radius 1 is 1.27 bits per heavy atom. The van der Waals surface area contributed by atoms with Crippen LogP contribution in [0.15, 0.2) is 29.2 Å². The molecule has 1 fully saturated rings. The van der Waals surface area contributed by atoms with Crippen molar-refractivity contribution >= 4 is 21.8 Å². The van der Waals surface area contributed by atoms with E-state index in [-0.39, 0.29) is 10.9 Å². The van der Waals surface area contributed by atoms with Gasteiger partial charge in [0.15, 0.2) is 0 Å². The number of sulfonamides is 1. The lowest BCUT2D eigenvalue weighted by atomic mass is 10.1. The Balaban J connectivity index is 1.85. The maximum Gasteiger partial charge on any atom is 0.407 e. The largest absolute Gasteiger partial charge is 0.444 e. The lowest BCUT2D eigenvalue weighted by molar-refractivity contribution is 0.0496. The van der Waals surface area contributed by atoms with Crippen LogP contribution in [0.5, 0.6) is 0 Å². The second-order valence-corrected chi connectivity index (χ2v) is 7.85. The summed E-state index contributed by atoms with van der Waals surface area (Å²) in [6.45, 7) is 6.73. The van der Waals surface area contributed by atoms with Gasteiger partial charge in [0.05, 0.1) is 10.9 Å². The number of benzene rings is 1. The first kappa shape index (κ1) is 16.6. The van der Waals surface area contributed by atoms with Crippen LogP contribution in [0.3, 0.4) is 0 Å². The zero-order chi connectivity index (χ0) is 16.5. The minimum atomic E-state index is -3.67. The molecule has 3 N–H and O–H groups in total. The predicted octanol–water partition coefficient (Wildman–Crippen LogP) is 1.05. The number of alkyl carbamates (subject to hydrolysis) is 1. The van der Waals surface area contributed by atoms with Crippen LogP contribution in [0.2, 0.25) is 0 Å². The average molecular weight is 327 g/mol. The minimum Gasteiger partial charge on any atom is -0.444 e. The Kier molecular flexibility index (Phi) is 4.35. The Morgan fingerprint density at radius 3 is 2.27 bits per heavy atom. The van der Waals surface area contributed by atoms with Crippen LogP contribution in [0.25, 0.3) is 0 Å². The number of nitrogens with one attached hydrogen (secondary N) is 1. The monoisotopic (exact) mass is 327 g/mol. The maximum absolute atomic E-state index is 11.6. The van der Waals surface area contributed by atoms with Gasteiger partial charge >= 0.3 is 6.09 Å². The molecule has 8 heteroatoms. The number of nitrogens with two attached hydrogens (primary N) is 1. The van der Waals surface area contributed by atoms with Crippen molar-refractivity contribution < 1.29 is 17.9 Å². The molecule has 1 aliphatic rings. The molecule has 0 atom stereocenters. The van der Waals surface area contributed by atoms with Crippen LogP contribution in [0.1, 0.15) is 20.8 Å². The number of ether oxygens (including phenoxy) is 1. The predicted molar refractivity (Wildman–Crippen MR) is 83.2 cm³/mol. The summed E-state index contributed by atoms with van der Waals surface area (Å²) in [6, 6.07) is 6.36. The Bertz CT molecular complexity index is 644. The molecular formula is C14H21N3O4S. The van der Waals surface area contributed by atoms with Gasteiger partial charge in [-0.3, -0.25) is 0 Å². The number of carbonyl (C=O) groups is 1. The van der Waals surface area contributed by atoms with Crippen molar-refractivity contribution in [2.24, 2.45) is 5.14 Å². The highest BCUT2D eigenvalue weighted by Gasteiger charge is 2.29. The SMILES string of the molecule is CC(C)(C)OC(=O)NC1CN(c2ccc(S(N)(=O)=O)cc2)C1. The number of anilines is 1. The third kappa shape index (κ3) is 4.35. The fourth-order valence-corrected chi connectivity index (χ4v) is 2.62. The summed E-state index contributed by atoms with van der Waals surface area (Å²) in [5.74, 6) is 0. The summed E-state index contributed by atoms with van der Waals surface area (Å²) < 4.78 is 27.6. The van der Waals surface area contributed by atoms with Crippen molar-refractivity contribution in [2.75, 3.05) is 18.0 Å². The fraction of sp³-hybridized carbons (Fsp3) is 0.500. The summed E-state index contributed by atoms with van der Waals surface area (Å²) in [5.41, 5.74) is 0.367. The average Bonchev–Trinajstić information content (AvgIpc) is 2.30. The van der Waals surface area contributed by atoms with Gasteiger partial charge in [-0.15, -0.1) is 0 Å². The van der Waals surface area contributed by atoms with Crippen molar-refractivity contribution in [1.82, 2.24) is 5.32 Å². The maximum atomic E-state index is 11.6. The van der Waals surface area contributed by atoms with Gasteiger partial charge in [0.1, 0.15) is 5.60 Å². The molecule has 7 nitrogen and oxygen atoms in total. The van der Waals surface area contributed by atoms with E-state index in [1.165, 1.54) is 12.1 Å². The smallest absolute Gasteiger partial charge is 0.407 e. The molecule has 22 heavy (non-hydrogen) atoms. The molecule has 0 saturated carbocycles. The molecule has 1 amide bonds. The van der Waals surface area contributed by atoms with Crippen LogP contribution in [0.4, 0.5) is 10.5 Å². The van der Waals surface area contributed by atoms with Crippen molar-refractivity contribution in [3.63, 3.8) is 0 Å². The second-order valence-electron chi connectivity index (χ2n) is 6.29. The number of carbonyl (C=O) groups excluding carboxylic acids is 1. The molecule has 0 bridgehead atoms. The highest BCUT2D eigenvalue weighted by atomic mass is 32.2. The molecule has 0 spiro atoms. The van der Waals surface area contributed by atoms with E-state index in [1.54, 1.807) is 12.1 Å². The molecule has 122 valence electrons. The minimum absolute atomic E-state index is 0.0211. The van der Waals surface area contributed by atoms with Gasteiger partial charge in [-0.2, -0.15) is 0 Å². The number of nitrogens with zero attached hydrogens (tertiary/aromatic N) is 1. The summed E-state index contributed by atoms with van der Waals surface area (Å²) in [5, 5.41) is 7.84. The van der Waals surface area contributed by atoms with E-state index in [9.17, 15) is 13.2 Å². The van der Waals surface area contributed by atoms with Crippen molar-refractivity contribution in [1.29, 1.82) is 0 Å². The Morgan fingerprint density at radius 2 is 1.82 bits per heavy atom. The normalized spacial score (nSPS) is 16.1. The summed E-state index contributed by atoms with van der Waals surface area (Å²) in [4.78, 5) is 13.7. The number of rotatable bonds is 3. The van der Waals surface area contributed by atoms with Crippen molar-refractivity contribution in [3.05, 3.63) is 24.3 Å². The lowest BCUT2D eigenvalue weighted by Crippen LogP contribution is -2.60. The first-order chi connectivity index (χ1) is 10.0. The summed E-state index contributed by atoms with van der Waals surface area (Å²) >= 11 is 0. The molecule has 1 aliphatic heterocycles. The van der Waals surface area contributed by atoms with Gasteiger partial charge in [-0.05, 0) is 45.0 Å². The van der Waals surface area contributed by atoms with E-state index in [0.717, 1.165) is 5.69 Å². The zero-order valence-corrected chi connectivity index (χ0v) is 13.7. The van der Waals surface area contributed by atoms with Crippen LogP contribution < -0.4 is 15.4 Å². The number of amides is 1. The summed E-state index contributed by atoms with van der Waals surface area (Å²) in [6.07, 6.45) is -0.429. The number of hydrogen-bond donors (Lipinski definition) is 2. The molecule has 2 rings (SSSR count). The van der Waals surface area contributed by atoms with Crippen molar-refractivity contribution in [2.45, 2.75) is 37.3 Å². The molecule has 1 heterocycles. The third-order valence-corrected chi connectivity index (χ3v) is 4.06. The lowest BCUT2D eigenvalue weighted by Gasteiger charge is -2.41. The molecule has 0 aromatic heterocycles. The third-order valence-electron chi connectivity index (χ3n) is 3.13. The van der Waals surface area contributed by atoms with E-state index >= 15 is 0 Å². The fourth-order valence-electron chi connectivity index (χ4n) is 2.10. The standard InChI is InChI=1S/C14H21N3O4S/c1-14(2,3)21-13(18)16-10-8-17(9-10)11-4-6-12(7-5-11)22(15,19)20/h4-7,10H,8-9H2,1-3H3,(H,16,18)(H2,15,19,20). The second kappa shape index (κ2) is 5.77. The molecular weight excluding hydrogens is 306 g/mol. The van der Waals surface area contributed by atoms with Gasteiger partial charge in [-0.25, -0.2) is 18.4 Å². The van der Waals surface area contributed by atoms with Crippen LogP contribution in [0, 0.1) is 0 Å². The molecule has 0 radical (unpaired) electrons. The molecule has 1 aromatic carbocycles. The van der Waals surface area contributed by atoms with Gasteiger partial charge in [-0.1, -0.05) is 0 Å². The number of hydrogen-bond acceptors (Lipinski definition) is 5. The quantitative estimate of drug-likeness (QED) is 0.864. The molecule has 0 unspecified atom stereocenters. The topological polar surface area (TPSA) is 102 Å². The first-order valence-electron chi connectivity index (χ1n) is 6.92. The highest BCUT2D eigenvalue weighted by molar-refractivity contribution is 7.89. The van der Waals surface area contributed by atoms with Gasteiger partial charge in [0.25, 0.3) is 0 Å². The van der Waals surface area contributed by atoms with Gasteiger partial charge < -0.3 is 15.0 Å². The molecule has 1 saturated heterocycles. The van der Waals surface area contributed by atoms with E-state index in [2.05, 4.69) is 5.32 Å². The zero-order valence-electron chi connectivity index (χ0n) is 12.9. The van der Waals surface area contributed by atoms with Crippen LogP contribution >= 0.6 is 0 Å². The van der Waals surface area contributed by atoms with Gasteiger partial charge in [0, 0.05) is 18.8 Å². The van der Waals surface area contributed by atoms with Crippen LogP contribution in [-0.4, -0.2) is 39.2 Å². The van der Waals surface area contributed by atoms with Crippen LogP contribution in [-0.2, 0) is 14.8 Å². The molecule has 1 aromatic rings. The Hall–Kier alpha value is -1.80. The van der Waals surface area contributed by atoms with E-state index < -0.39 is 21.7 Å². The number of primary sulfonamides is 1. The molecule has 0 aliphatic carbocycles. The van der Waals surface area contributed by atoms with E-state index in [0.29, 0.717) is 13.1 Å². The summed E-state index contributed by atoms with van der Waals surface area (Å²) in [7, 11) is -3.67.